The zero-order chi connectivity index (χ0) is 19.9. The number of hydrogen-bond acceptors (Lipinski definition) is 5. The van der Waals surface area contributed by atoms with Crippen molar-refractivity contribution >= 4 is 38.3 Å². The number of esters is 1. The summed E-state index contributed by atoms with van der Waals surface area (Å²) in [5, 5.41) is 4.15. The number of nitrogens with one attached hydrogen (secondary N) is 1. The van der Waals surface area contributed by atoms with E-state index in [1.807, 2.05) is 44.2 Å². The highest BCUT2D eigenvalue weighted by Crippen LogP contribution is 2.36. The van der Waals surface area contributed by atoms with E-state index in [1.54, 1.807) is 18.2 Å². The van der Waals surface area contributed by atoms with Gasteiger partial charge in [0.1, 0.15) is 16.3 Å². The van der Waals surface area contributed by atoms with Crippen LogP contribution in [0.5, 0.6) is 5.75 Å². The van der Waals surface area contributed by atoms with Gasteiger partial charge in [0, 0.05) is 10.1 Å². The highest BCUT2D eigenvalue weighted by molar-refractivity contribution is 7.23. The average molecular weight is 397 g/mol. The first-order chi connectivity index (χ1) is 13.7. The Morgan fingerprint density at radius 1 is 1.04 bits per heavy atom. The standard InChI is InChI=1S/C22H23NO4S/c1-3-5-14-27-22(25)19-16-11-7-9-13-18(16)28-21(19)23-20(24)15-10-6-8-12-17(15)26-4-2/h6-13H,3-5,14H2,1-2H3,(H,23,24). The van der Waals surface area contributed by atoms with Crippen LogP contribution in [0.2, 0.25) is 0 Å². The summed E-state index contributed by atoms with van der Waals surface area (Å²) >= 11 is 1.36. The van der Waals surface area contributed by atoms with E-state index in [2.05, 4.69) is 5.32 Å². The van der Waals surface area contributed by atoms with Gasteiger partial charge in [-0.2, -0.15) is 0 Å². The molecule has 6 heteroatoms. The van der Waals surface area contributed by atoms with E-state index in [0.717, 1.165) is 22.9 Å². The first-order valence-corrected chi connectivity index (χ1v) is 10.2. The van der Waals surface area contributed by atoms with E-state index in [1.165, 1.54) is 11.3 Å². The molecule has 0 aliphatic carbocycles. The second-order valence-corrected chi connectivity index (χ2v) is 7.23. The molecule has 0 bridgehead atoms. The molecular weight excluding hydrogens is 374 g/mol. The maximum atomic E-state index is 12.9. The Labute approximate surface area is 168 Å². The summed E-state index contributed by atoms with van der Waals surface area (Å²) in [6.45, 7) is 4.72. The highest BCUT2D eigenvalue weighted by Gasteiger charge is 2.23. The molecular formula is C22H23NO4S. The lowest BCUT2D eigenvalue weighted by atomic mass is 10.1. The van der Waals surface area contributed by atoms with Crippen molar-refractivity contribution < 1.29 is 19.1 Å². The summed E-state index contributed by atoms with van der Waals surface area (Å²) in [7, 11) is 0. The molecule has 1 aromatic heterocycles. The number of anilines is 1. The Balaban J connectivity index is 1.93. The Morgan fingerprint density at radius 3 is 2.57 bits per heavy atom. The molecule has 2 aromatic carbocycles. The molecule has 0 fully saturated rings. The number of ether oxygens (including phenoxy) is 2. The second kappa shape index (κ2) is 9.37. The van der Waals surface area contributed by atoms with Gasteiger partial charge in [-0.1, -0.05) is 43.7 Å². The van der Waals surface area contributed by atoms with Crippen LogP contribution < -0.4 is 10.1 Å². The molecule has 1 amide bonds. The number of hydrogen-bond donors (Lipinski definition) is 1. The molecule has 3 rings (SSSR count). The molecule has 28 heavy (non-hydrogen) atoms. The van der Waals surface area contributed by atoms with Crippen molar-refractivity contribution in [2.45, 2.75) is 26.7 Å². The number of carbonyl (C=O) groups excluding carboxylic acids is 2. The molecule has 1 heterocycles. The van der Waals surface area contributed by atoms with E-state index in [0.29, 0.717) is 35.1 Å². The maximum absolute atomic E-state index is 12.9. The Bertz CT molecular complexity index is 980. The van der Waals surface area contributed by atoms with Gasteiger partial charge in [0.05, 0.1) is 18.8 Å². The number of rotatable bonds is 8. The zero-order valence-electron chi connectivity index (χ0n) is 16.0. The number of unbranched alkanes of at least 4 members (excludes halogenated alkanes) is 1. The smallest absolute Gasteiger partial charge is 0.341 e. The van der Waals surface area contributed by atoms with Gasteiger partial charge in [0.25, 0.3) is 5.91 Å². The third-order valence-corrected chi connectivity index (χ3v) is 5.28. The molecule has 0 unspecified atom stereocenters. The molecule has 0 saturated heterocycles. The van der Waals surface area contributed by atoms with Crippen LogP contribution >= 0.6 is 11.3 Å². The molecule has 0 atom stereocenters. The maximum Gasteiger partial charge on any atom is 0.341 e. The van der Waals surface area contributed by atoms with E-state index in [9.17, 15) is 9.59 Å². The lowest BCUT2D eigenvalue weighted by molar-refractivity contribution is 0.0503. The lowest BCUT2D eigenvalue weighted by Crippen LogP contribution is -2.15. The van der Waals surface area contributed by atoms with Crippen LogP contribution in [0.1, 0.15) is 47.4 Å². The molecule has 1 N–H and O–H groups in total. The van der Waals surface area contributed by atoms with Crippen LogP contribution in [-0.4, -0.2) is 25.1 Å². The fraction of sp³-hybridized carbons (Fsp3) is 0.273. The minimum Gasteiger partial charge on any atom is -0.493 e. The molecule has 0 aliphatic heterocycles. The van der Waals surface area contributed by atoms with Gasteiger partial charge in [-0.3, -0.25) is 4.79 Å². The normalized spacial score (nSPS) is 10.6. The van der Waals surface area contributed by atoms with E-state index in [4.69, 9.17) is 9.47 Å². The summed E-state index contributed by atoms with van der Waals surface area (Å²) < 4.78 is 11.9. The molecule has 0 aliphatic rings. The van der Waals surface area contributed by atoms with Crippen LogP contribution in [0, 0.1) is 0 Å². The van der Waals surface area contributed by atoms with Crippen molar-refractivity contribution in [2.24, 2.45) is 0 Å². The number of benzene rings is 2. The first kappa shape index (κ1) is 19.9. The van der Waals surface area contributed by atoms with Crippen LogP contribution in [-0.2, 0) is 4.74 Å². The van der Waals surface area contributed by atoms with Gasteiger partial charge >= 0.3 is 5.97 Å². The van der Waals surface area contributed by atoms with Crippen molar-refractivity contribution in [1.82, 2.24) is 0 Å². The van der Waals surface area contributed by atoms with Gasteiger partial charge in [-0.15, -0.1) is 11.3 Å². The molecule has 5 nitrogen and oxygen atoms in total. The predicted molar refractivity (Wildman–Crippen MR) is 113 cm³/mol. The lowest BCUT2D eigenvalue weighted by Gasteiger charge is -2.11. The topological polar surface area (TPSA) is 64.6 Å². The molecule has 0 saturated carbocycles. The van der Waals surface area contributed by atoms with Crippen LogP contribution in [0.25, 0.3) is 10.1 Å². The van der Waals surface area contributed by atoms with Gasteiger partial charge in [-0.05, 0) is 31.5 Å². The average Bonchev–Trinajstić information content (AvgIpc) is 3.06. The number of para-hydroxylation sites is 1. The van der Waals surface area contributed by atoms with Gasteiger partial charge < -0.3 is 14.8 Å². The predicted octanol–water partition coefficient (Wildman–Crippen LogP) is 5.51. The van der Waals surface area contributed by atoms with Crippen molar-refractivity contribution in [1.29, 1.82) is 0 Å². The Kier molecular flexibility index (Phi) is 6.66. The molecule has 0 spiro atoms. The van der Waals surface area contributed by atoms with Crippen molar-refractivity contribution in [3.63, 3.8) is 0 Å². The van der Waals surface area contributed by atoms with E-state index < -0.39 is 5.97 Å². The molecule has 0 radical (unpaired) electrons. The van der Waals surface area contributed by atoms with Crippen LogP contribution in [0.15, 0.2) is 48.5 Å². The van der Waals surface area contributed by atoms with Gasteiger partial charge in [0.2, 0.25) is 0 Å². The summed E-state index contributed by atoms with van der Waals surface area (Å²) in [5.41, 5.74) is 0.825. The number of amides is 1. The fourth-order valence-corrected chi connectivity index (χ4v) is 3.91. The number of carbonyl (C=O) groups is 2. The van der Waals surface area contributed by atoms with Crippen molar-refractivity contribution in [3.05, 3.63) is 59.7 Å². The molecule has 146 valence electrons. The summed E-state index contributed by atoms with van der Waals surface area (Å²) in [6.07, 6.45) is 1.74. The third-order valence-electron chi connectivity index (χ3n) is 4.19. The first-order valence-electron chi connectivity index (χ1n) is 9.37. The quantitative estimate of drug-likeness (QED) is 0.402. The summed E-state index contributed by atoms with van der Waals surface area (Å²) in [4.78, 5) is 25.6. The monoisotopic (exact) mass is 397 g/mol. The summed E-state index contributed by atoms with van der Waals surface area (Å²) in [5.74, 6) is -0.229. The van der Waals surface area contributed by atoms with Crippen LogP contribution in [0.3, 0.4) is 0 Å². The highest BCUT2D eigenvalue weighted by atomic mass is 32.1. The minimum atomic E-state index is -0.417. The minimum absolute atomic E-state index is 0.321. The van der Waals surface area contributed by atoms with Crippen molar-refractivity contribution in [3.8, 4) is 5.75 Å². The zero-order valence-corrected chi connectivity index (χ0v) is 16.8. The largest absolute Gasteiger partial charge is 0.493 e. The molecule has 3 aromatic rings. The van der Waals surface area contributed by atoms with Crippen LogP contribution in [0.4, 0.5) is 5.00 Å². The Morgan fingerprint density at radius 2 is 1.79 bits per heavy atom. The summed E-state index contributed by atoms with van der Waals surface area (Å²) in [6, 6.07) is 14.6. The SMILES string of the molecule is CCCCOC(=O)c1c(NC(=O)c2ccccc2OCC)sc2ccccc12. The number of fused-ring (bicyclic) bond motifs is 1. The van der Waals surface area contributed by atoms with E-state index >= 15 is 0 Å². The van der Waals surface area contributed by atoms with Crippen molar-refractivity contribution in [2.75, 3.05) is 18.5 Å². The number of thiophene rings is 1. The van der Waals surface area contributed by atoms with Gasteiger partial charge in [0.15, 0.2) is 0 Å². The fourth-order valence-electron chi connectivity index (χ4n) is 2.82. The van der Waals surface area contributed by atoms with Gasteiger partial charge in [-0.25, -0.2) is 4.79 Å². The van der Waals surface area contributed by atoms with E-state index in [-0.39, 0.29) is 5.91 Å². The Hall–Kier alpha value is -2.86. The second-order valence-electron chi connectivity index (χ2n) is 6.18. The third kappa shape index (κ3) is 4.34.